The van der Waals surface area contributed by atoms with Gasteiger partial charge in [0.2, 0.25) is 0 Å². The number of carbonyl (C=O) groups is 1. The van der Waals surface area contributed by atoms with Gasteiger partial charge >= 0.3 is 5.97 Å². The highest BCUT2D eigenvalue weighted by molar-refractivity contribution is 8.00. The van der Waals surface area contributed by atoms with Crippen LogP contribution in [0.15, 0.2) is 29.3 Å². The van der Waals surface area contributed by atoms with Gasteiger partial charge in [-0.2, -0.15) is 0 Å². The zero-order valence-corrected chi connectivity index (χ0v) is 21.2. The Balaban J connectivity index is 1.70. The van der Waals surface area contributed by atoms with Crippen LogP contribution in [0.1, 0.15) is 51.0 Å². The normalized spacial score (nSPS) is 14.8. The predicted octanol–water partition coefficient (Wildman–Crippen LogP) is 6.04. The Hall–Kier alpha value is -2.16. The number of aromatic nitrogens is 2. The summed E-state index contributed by atoms with van der Waals surface area (Å²) in [6, 6.07) is 7.89. The second-order valence-electron chi connectivity index (χ2n) is 8.58. The van der Waals surface area contributed by atoms with Gasteiger partial charge in [-0.25, -0.2) is 9.97 Å². The largest absolute Gasteiger partial charge is 0.494 e. The Morgan fingerprint density at radius 1 is 1.21 bits per heavy atom. The predicted molar refractivity (Wildman–Crippen MR) is 133 cm³/mol. The van der Waals surface area contributed by atoms with Crippen LogP contribution in [-0.2, 0) is 27.3 Å². The minimum absolute atomic E-state index is 0.216. The zero-order valence-electron chi connectivity index (χ0n) is 19.6. The Bertz CT molecular complexity index is 1130. The molecule has 0 unspecified atom stereocenters. The van der Waals surface area contributed by atoms with E-state index in [1.54, 1.807) is 11.3 Å². The lowest BCUT2D eigenvalue weighted by molar-refractivity contribution is -0.139. The van der Waals surface area contributed by atoms with Gasteiger partial charge in [0.05, 0.1) is 31.2 Å². The number of hydrogen-bond donors (Lipinski definition) is 0. The SMILES string of the molecule is CCCCOc1ccc(-c2nc(SCC(=O)OCC)c3c4c(sc3n2)COC(C)(C)C4)cc1. The molecule has 2 aromatic heterocycles. The molecular formula is C25H30N2O4S2. The van der Waals surface area contributed by atoms with Crippen LogP contribution < -0.4 is 4.74 Å². The molecule has 0 saturated heterocycles. The second kappa shape index (κ2) is 10.4. The standard InChI is InChI=1S/C25H30N2O4S2/c1-5-7-12-30-17-10-8-16(9-11-17)22-26-23(32-15-20(28)29-6-2)21-18-13-25(3,4)31-14-19(18)33-24(21)27-22/h8-11H,5-7,12-15H2,1-4H3. The number of ether oxygens (including phenoxy) is 3. The first-order valence-corrected chi connectivity index (χ1v) is 13.2. The molecule has 0 spiro atoms. The Kier molecular flexibility index (Phi) is 7.56. The summed E-state index contributed by atoms with van der Waals surface area (Å²) in [6.45, 7) is 9.82. The molecule has 0 aliphatic carbocycles. The molecule has 3 heterocycles. The van der Waals surface area contributed by atoms with E-state index >= 15 is 0 Å². The third-order valence-electron chi connectivity index (χ3n) is 5.41. The summed E-state index contributed by atoms with van der Waals surface area (Å²) in [5.74, 6) is 1.47. The molecule has 1 aromatic carbocycles. The number of thiophene rings is 1. The maximum atomic E-state index is 12.1. The highest BCUT2D eigenvalue weighted by atomic mass is 32.2. The van der Waals surface area contributed by atoms with E-state index in [0.717, 1.165) is 45.8 Å². The molecule has 6 nitrogen and oxygen atoms in total. The molecule has 0 saturated carbocycles. The summed E-state index contributed by atoms with van der Waals surface area (Å²) in [5.41, 5.74) is 1.92. The molecule has 3 aromatic rings. The van der Waals surface area contributed by atoms with E-state index < -0.39 is 0 Å². The van der Waals surface area contributed by atoms with Crippen molar-refractivity contribution in [1.29, 1.82) is 0 Å². The smallest absolute Gasteiger partial charge is 0.316 e. The molecule has 4 rings (SSSR count). The van der Waals surface area contributed by atoms with E-state index in [2.05, 4.69) is 20.8 Å². The Morgan fingerprint density at radius 2 is 2.00 bits per heavy atom. The lowest BCUT2D eigenvalue weighted by Gasteiger charge is -2.30. The molecule has 0 amide bonds. The van der Waals surface area contributed by atoms with Crippen LogP contribution >= 0.6 is 23.1 Å². The van der Waals surface area contributed by atoms with Crippen LogP contribution in [0.25, 0.3) is 21.6 Å². The van der Waals surface area contributed by atoms with Crippen molar-refractivity contribution in [3.8, 4) is 17.1 Å². The maximum absolute atomic E-state index is 12.1. The average molecular weight is 487 g/mol. The molecule has 176 valence electrons. The van der Waals surface area contributed by atoms with Gasteiger partial charge < -0.3 is 14.2 Å². The zero-order chi connectivity index (χ0) is 23.4. The van der Waals surface area contributed by atoms with E-state index in [0.29, 0.717) is 25.6 Å². The van der Waals surface area contributed by atoms with Crippen molar-refractivity contribution in [1.82, 2.24) is 9.97 Å². The van der Waals surface area contributed by atoms with Gasteiger partial charge in [0.1, 0.15) is 15.6 Å². The van der Waals surface area contributed by atoms with Gasteiger partial charge in [0.25, 0.3) is 0 Å². The van der Waals surface area contributed by atoms with Gasteiger partial charge in [-0.3, -0.25) is 4.79 Å². The maximum Gasteiger partial charge on any atom is 0.316 e. The third-order valence-corrected chi connectivity index (χ3v) is 7.46. The lowest BCUT2D eigenvalue weighted by Crippen LogP contribution is -2.31. The first kappa shape index (κ1) is 24.0. The number of esters is 1. The first-order valence-electron chi connectivity index (χ1n) is 11.4. The van der Waals surface area contributed by atoms with Crippen LogP contribution in [0, 0.1) is 0 Å². The van der Waals surface area contributed by atoms with E-state index in [-0.39, 0.29) is 17.3 Å². The molecule has 8 heteroatoms. The van der Waals surface area contributed by atoms with Crippen molar-refractivity contribution in [3.05, 3.63) is 34.7 Å². The fraction of sp³-hybridized carbons (Fsp3) is 0.480. The Morgan fingerprint density at radius 3 is 2.73 bits per heavy atom. The summed E-state index contributed by atoms with van der Waals surface area (Å²) in [7, 11) is 0. The summed E-state index contributed by atoms with van der Waals surface area (Å²) in [4.78, 5) is 24.0. The Labute approximate surface area is 203 Å². The van der Waals surface area contributed by atoms with Gasteiger partial charge in [0.15, 0.2) is 5.82 Å². The molecule has 1 aliphatic rings. The van der Waals surface area contributed by atoms with Crippen molar-refractivity contribution >= 4 is 39.3 Å². The fourth-order valence-corrected chi connectivity index (χ4v) is 5.73. The second-order valence-corrected chi connectivity index (χ2v) is 10.6. The van der Waals surface area contributed by atoms with Crippen LogP contribution in [0.2, 0.25) is 0 Å². The number of hydrogen-bond acceptors (Lipinski definition) is 8. The van der Waals surface area contributed by atoms with Gasteiger partial charge in [0, 0.05) is 22.2 Å². The van der Waals surface area contributed by atoms with Gasteiger partial charge in [-0.05, 0) is 57.0 Å². The van der Waals surface area contributed by atoms with Crippen LogP contribution in [-0.4, -0.2) is 40.5 Å². The average Bonchev–Trinajstić information content (AvgIpc) is 3.15. The minimum atomic E-state index is -0.240. The number of unbranched alkanes of at least 4 members (excludes halogenated alkanes) is 1. The van der Waals surface area contributed by atoms with Crippen LogP contribution in [0.4, 0.5) is 0 Å². The first-order chi connectivity index (χ1) is 15.9. The molecule has 0 N–H and O–H groups in total. The van der Waals surface area contributed by atoms with Crippen molar-refractivity contribution in [2.75, 3.05) is 19.0 Å². The number of benzene rings is 1. The van der Waals surface area contributed by atoms with Crippen molar-refractivity contribution in [3.63, 3.8) is 0 Å². The number of carbonyl (C=O) groups excluding carboxylic acids is 1. The lowest BCUT2D eigenvalue weighted by atomic mass is 9.94. The van der Waals surface area contributed by atoms with Crippen molar-refractivity contribution < 1.29 is 19.0 Å². The third kappa shape index (κ3) is 5.67. The summed E-state index contributed by atoms with van der Waals surface area (Å²) in [5, 5.41) is 1.87. The molecule has 0 bridgehead atoms. The van der Waals surface area contributed by atoms with E-state index in [1.807, 2.05) is 31.2 Å². The van der Waals surface area contributed by atoms with Crippen LogP contribution in [0.5, 0.6) is 5.75 Å². The number of nitrogens with zero attached hydrogens (tertiary/aromatic N) is 2. The molecule has 1 aliphatic heterocycles. The minimum Gasteiger partial charge on any atom is -0.494 e. The highest BCUT2D eigenvalue weighted by Gasteiger charge is 2.31. The summed E-state index contributed by atoms with van der Waals surface area (Å²) < 4.78 is 16.9. The summed E-state index contributed by atoms with van der Waals surface area (Å²) >= 11 is 3.07. The number of thioether (sulfide) groups is 1. The monoisotopic (exact) mass is 486 g/mol. The van der Waals surface area contributed by atoms with Gasteiger partial charge in [-0.1, -0.05) is 25.1 Å². The number of rotatable bonds is 9. The van der Waals surface area contributed by atoms with Crippen molar-refractivity contribution in [2.45, 2.75) is 64.2 Å². The topological polar surface area (TPSA) is 70.5 Å². The van der Waals surface area contributed by atoms with Crippen LogP contribution in [0.3, 0.4) is 0 Å². The van der Waals surface area contributed by atoms with E-state index in [4.69, 9.17) is 24.2 Å². The molecule has 33 heavy (non-hydrogen) atoms. The number of fused-ring (bicyclic) bond motifs is 3. The highest BCUT2D eigenvalue weighted by Crippen LogP contribution is 2.42. The van der Waals surface area contributed by atoms with E-state index in [1.165, 1.54) is 22.2 Å². The van der Waals surface area contributed by atoms with Crippen molar-refractivity contribution in [2.24, 2.45) is 0 Å². The molecule has 0 fully saturated rings. The summed E-state index contributed by atoms with van der Waals surface area (Å²) in [6.07, 6.45) is 2.93. The van der Waals surface area contributed by atoms with E-state index in [9.17, 15) is 4.79 Å². The molecular weight excluding hydrogens is 456 g/mol. The molecule has 0 atom stereocenters. The quantitative estimate of drug-likeness (QED) is 0.158. The van der Waals surface area contributed by atoms with Gasteiger partial charge in [-0.15, -0.1) is 11.3 Å². The fourth-order valence-electron chi connectivity index (χ4n) is 3.71. The molecule has 0 radical (unpaired) electrons.